The minimum Gasteiger partial charge on any atom is -0.493 e. The number of rotatable bonds is 6. The van der Waals surface area contributed by atoms with Crippen molar-refractivity contribution in [2.75, 3.05) is 26.8 Å². The molecule has 2 heterocycles. The number of hydrogen-bond donors (Lipinski definition) is 2. The molecule has 1 saturated heterocycles. The Labute approximate surface area is 124 Å². The van der Waals surface area contributed by atoms with Crippen LogP contribution in [0.15, 0.2) is 30.3 Å². The van der Waals surface area contributed by atoms with Crippen LogP contribution in [0.1, 0.15) is 23.7 Å². The number of methoxy groups -OCH3 is 1. The Hall–Kier alpha value is -2.01. The van der Waals surface area contributed by atoms with Gasteiger partial charge < -0.3 is 14.8 Å². The highest BCUT2D eigenvalue weighted by molar-refractivity contribution is 5.39. The van der Waals surface area contributed by atoms with Crippen LogP contribution >= 0.6 is 0 Å². The third kappa shape index (κ3) is 3.36. The van der Waals surface area contributed by atoms with Crippen molar-refractivity contribution in [3.63, 3.8) is 0 Å². The molecule has 0 aliphatic carbocycles. The summed E-state index contributed by atoms with van der Waals surface area (Å²) in [5, 5.41) is 10.9. The number of H-pyrrole nitrogens is 1. The highest BCUT2D eigenvalue weighted by Gasteiger charge is 2.19. The van der Waals surface area contributed by atoms with Crippen molar-refractivity contribution < 1.29 is 9.47 Å². The molecule has 1 aromatic heterocycles. The standard InChI is InChI=1S/C16H21N3O2/c1-20-15-4-2-3-5-16(15)21-9-7-13-10-14(19-18-13)12-6-8-17-11-12/h2-5,10,12,17H,6-9,11H2,1H3,(H,18,19)/t12-/m1/s1. The van der Waals surface area contributed by atoms with Crippen LogP contribution in [-0.4, -0.2) is 37.0 Å². The van der Waals surface area contributed by atoms with Gasteiger partial charge in [-0.2, -0.15) is 5.10 Å². The van der Waals surface area contributed by atoms with Gasteiger partial charge in [-0.15, -0.1) is 0 Å². The van der Waals surface area contributed by atoms with Gasteiger partial charge >= 0.3 is 0 Å². The summed E-state index contributed by atoms with van der Waals surface area (Å²) in [5.41, 5.74) is 2.28. The minimum absolute atomic E-state index is 0.546. The number of nitrogens with one attached hydrogen (secondary N) is 2. The van der Waals surface area contributed by atoms with Gasteiger partial charge in [0.05, 0.1) is 19.4 Å². The van der Waals surface area contributed by atoms with Crippen LogP contribution in [0.4, 0.5) is 0 Å². The first-order valence-corrected chi connectivity index (χ1v) is 7.37. The molecule has 1 aromatic carbocycles. The molecule has 5 nitrogen and oxygen atoms in total. The molecule has 21 heavy (non-hydrogen) atoms. The van der Waals surface area contributed by atoms with Crippen LogP contribution in [0.5, 0.6) is 11.5 Å². The summed E-state index contributed by atoms with van der Waals surface area (Å²) in [4.78, 5) is 0. The van der Waals surface area contributed by atoms with Gasteiger partial charge in [0.1, 0.15) is 0 Å². The molecule has 2 N–H and O–H groups in total. The van der Waals surface area contributed by atoms with Gasteiger partial charge in [0.25, 0.3) is 0 Å². The first-order valence-electron chi connectivity index (χ1n) is 7.37. The van der Waals surface area contributed by atoms with E-state index in [1.807, 2.05) is 24.3 Å². The molecule has 0 radical (unpaired) electrons. The maximum Gasteiger partial charge on any atom is 0.161 e. The SMILES string of the molecule is COc1ccccc1OCCc1cc([C@@H]2CCNC2)n[nH]1. The van der Waals surface area contributed by atoms with Gasteiger partial charge in [0.15, 0.2) is 11.5 Å². The second-order valence-electron chi connectivity index (χ2n) is 5.26. The molecular formula is C16H21N3O2. The lowest BCUT2D eigenvalue weighted by Crippen LogP contribution is -2.08. The fraction of sp³-hybridized carbons (Fsp3) is 0.438. The van der Waals surface area contributed by atoms with E-state index in [9.17, 15) is 0 Å². The number of para-hydroxylation sites is 2. The van der Waals surface area contributed by atoms with Gasteiger partial charge in [-0.3, -0.25) is 5.10 Å². The molecule has 1 atom stereocenters. The van der Waals surface area contributed by atoms with Crippen LogP contribution in [0.3, 0.4) is 0 Å². The van der Waals surface area contributed by atoms with E-state index in [0.29, 0.717) is 12.5 Å². The summed E-state index contributed by atoms with van der Waals surface area (Å²) in [6.45, 7) is 2.72. The number of benzene rings is 1. The normalized spacial score (nSPS) is 17.9. The zero-order valence-electron chi connectivity index (χ0n) is 12.3. The van der Waals surface area contributed by atoms with Crippen LogP contribution < -0.4 is 14.8 Å². The maximum absolute atomic E-state index is 5.78. The van der Waals surface area contributed by atoms with E-state index in [-0.39, 0.29) is 0 Å². The van der Waals surface area contributed by atoms with E-state index in [4.69, 9.17) is 9.47 Å². The van der Waals surface area contributed by atoms with Gasteiger partial charge in [-0.25, -0.2) is 0 Å². The second kappa shape index (κ2) is 6.63. The smallest absolute Gasteiger partial charge is 0.161 e. The van der Waals surface area contributed by atoms with E-state index < -0.39 is 0 Å². The Morgan fingerprint density at radius 3 is 2.90 bits per heavy atom. The molecule has 1 fully saturated rings. The van der Waals surface area contributed by atoms with Crippen molar-refractivity contribution in [3.8, 4) is 11.5 Å². The first kappa shape index (κ1) is 13.9. The van der Waals surface area contributed by atoms with Crippen molar-refractivity contribution in [3.05, 3.63) is 41.7 Å². The molecule has 2 aromatic rings. The Balaban J connectivity index is 1.53. The van der Waals surface area contributed by atoms with Gasteiger partial charge in [0, 0.05) is 24.6 Å². The molecule has 0 bridgehead atoms. The van der Waals surface area contributed by atoms with Crippen LogP contribution in [-0.2, 0) is 6.42 Å². The lowest BCUT2D eigenvalue weighted by Gasteiger charge is -2.09. The maximum atomic E-state index is 5.78. The Kier molecular flexibility index (Phi) is 4.40. The van der Waals surface area contributed by atoms with Crippen LogP contribution in [0, 0.1) is 0 Å². The topological polar surface area (TPSA) is 59.2 Å². The fourth-order valence-corrected chi connectivity index (χ4v) is 2.63. The van der Waals surface area contributed by atoms with Gasteiger partial charge in [0.2, 0.25) is 0 Å². The van der Waals surface area contributed by atoms with E-state index in [1.54, 1.807) is 7.11 Å². The Morgan fingerprint density at radius 2 is 2.14 bits per heavy atom. The van der Waals surface area contributed by atoms with Crippen molar-refractivity contribution in [2.24, 2.45) is 0 Å². The molecule has 3 rings (SSSR count). The number of aromatic amines is 1. The molecule has 1 aliphatic heterocycles. The van der Waals surface area contributed by atoms with E-state index in [0.717, 1.165) is 42.4 Å². The zero-order chi connectivity index (χ0) is 14.5. The monoisotopic (exact) mass is 287 g/mol. The third-order valence-corrected chi connectivity index (χ3v) is 3.83. The zero-order valence-corrected chi connectivity index (χ0v) is 12.3. The van der Waals surface area contributed by atoms with Crippen LogP contribution in [0.25, 0.3) is 0 Å². The summed E-state index contributed by atoms with van der Waals surface area (Å²) in [6, 6.07) is 9.85. The number of nitrogens with zero attached hydrogens (tertiary/aromatic N) is 1. The van der Waals surface area contributed by atoms with Crippen molar-refractivity contribution in [1.82, 2.24) is 15.5 Å². The number of ether oxygens (including phenoxy) is 2. The van der Waals surface area contributed by atoms with Crippen molar-refractivity contribution in [1.29, 1.82) is 0 Å². The summed E-state index contributed by atoms with van der Waals surface area (Å²) < 4.78 is 11.0. The Morgan fingerprint density at radius 1 is 1.29 bits per heavy atom. The summed E-state index contributed by atoms with van der Waals surface area (Å²) >= 11 is 0. The minimum atomic E-state index is 0.546. The molecule has 0 spiro atoms. The molecule has 1 aliphatic rings. The predicted octanol–water partition coefficient (Wildman–Crippen LogP) is 2.12. The average Bonchev–Trinajstić information content (AvgIpc) is 3.18. The molecule has 0 unspecified atom stereocenters. The quantitative estimate of drug-likeness (QED) is 0.854. The highest BCUT2D eigenvalue weighted by atomic mass is 16.5. The molecule has 0 saturated carbocycles. The van der Waals surface area contributed by atoms with Crippen LogP contribution in [0.2, 0.25) is 0 Å². The van der Waals surface area contributed by atoms with E-state index in [2.05, 4.69) is 21.6 Å². The highest BCUT2D eigenvalue weighted by Crippen LogP contribution is 2.26. The lowest BCUT2D eigenvalue weighted by atomic mass is 10.0. The first-order chi connectivity index (χ1) is 10.4. The average molecular weight is 287 g/mol. The van der Waals surface area contributed by atoms with Gasteiger partial charge in [-0.05, 0) is 31.2 Å². The largest absolute Gasteiger partial charge is 0.493 e. The van der Waals surface area contributed by atoms with E-state index in [1.165, 1.54) is 6.42 Å². The molecule has 0 amide bonds. The lowest BCUT2D eigenvalue weighted by molar-refractivity contribution is 0.296. The fourth-order valence-electron chi connectivity index (χ4n) is 2.63. The van der Waals surface area contributed by atoms with Crippen molar-refractivity contribution in [2.45, 2.75) is 18.8 Å². The summed E-state index contributed by atoms with van der Waals surface area (Å²) in [5.74, 6) is 2.09. The summed E-state index contributed by atoms with van der Waals surface area (Å²) in [6.07, 6.45) is 1.98. The van der Waals surface area contributed by atoms with Crippen molar-refractivity contribution >= 4 is 0 Å². The number of aromatic nitrogens is 2. The third-order valence-electron chi connectivity index (χ3n) is 3.83. The molecular weight excluding hydrogens is 266 g/mol. The number of hydrogen-bond acceptors (Lipinski definition) is 4. The molecule has 5 heteroatoms. The summed E-state index contributed by atoms with van der Waals surface area (Å²) in [7, 11) is 1.65. The molecule has 112 valence electrons. The second-order valence-corrected chi connectivity index (χ2v) is 5.26. The van der Waals surface area contributed by atoms with E-state index >= 15 is 0 Å². The predicted molar refractivity (Wildman–Crippen MR) is 81.0 cm³/mol. The Bertz CT molecular complexity index is 576. The van der Waals surface area contributed by atoms with Gasteiger partial charge in [-0.1, -0.05) is 12.1 Å².